The molecule has 1 aromatic carbocycles. The Bertz CT molecular complexity index is 708. The topological polar surface area (TPSA) is 52.8 Å². The van der Waals surface area contributed by atoms with Crippen molar-refractivity contribution in [3.63, 3.8) is 0 Å². The minimum absolute atomic E-state index is 0.355. The lowest BCUT2D eigenvalue weighted by Crippen LogP contribution is -2.29. The molecule has 0 radical (unpaired) electrons. The minimum Gasteiger partial charge on any atom is -0.351 e. The summed E-state index contributed by atoms with van der Waals surface area (Å²) in [4.78, 5) is 2.18. The second kappa shape index (κ2) is 6.40. The van der Waals surface area contributed by atoms with E-state index in [1.54, 1.807) is 6.07 Å². The van der Waals surface area contributed by atoms with Gasteiger partial charge in [0.1, 0.15) is 6.07 Å². The van der Waals surface area contributed by atoms with Gasteiger partial charge in [0, 0.05) is 13.1 Å². The molecule has 0 saturated heterocycles. The highest BCUT2D eigenvalue weighted by Crippen LogP contribution is 2.24. The molecule has 1 aromatic heterocycles. The smallest absolute Gasteiger partial charge is 0.163 e. The number of nitrogens with zero attached hydrogens (tertiary/aromatic N) is 4. The first-order valence-corrected chi connectivity index (χ1v) is 7.57. The highest BCUT2D eigenvalue weighted by atomic mass is 15.3. The zero-order valence-electron chi connectivity index (χ0n) is 12.7. The number of hydrogen-bond donors (Lipinski definition) is 0. The van der Waals surface area contributed by atoms with Gasteiger partial charge in [0.15, 0.2) is 11.5 Å². The molecule has 0 spiro atoms. The number of aryl methyl sites for hydroxylation is 1. The number of nitriles is 1. The maximum absolute atomic E-state index is 8.76. The number of hydrogen-bond acceptors (Lipinski definition) is 4. The SMILES string of the molecule is CCc1ccc(C2=CCN(c3ccc(C#N)nn3)CC2)cc1. The van der Waals surface area contributed by atoms with Crippen molar-refractivity contribution in [2.75, 3.05) is 18.0 Å². The average Bonchev–Trinajstić information content (AvgIpc) is 2.62. The van der Waals surface area contributed by atoms with Crippen LogP contribution in [0, 0.1) is 11.3 Å². The fraction of sp³-hybridized carbons (Fsp3) is 0.278. The van der Waals surface area contributed by atoms with Crippen LogP contribution in [-0.4, -0.2) is 23.3 Å². The Morgan fingerprint density at radius 2 is 1.95 bits per heavy atom. The first-order valence-electron chi connectivity index (χ1n) is 7.57. The number of aromatic nitrogens is 2. The van der Waals surface area contributed by atoms with E-state index in [1.165, 1.54) is 16.7 Å². The van der Waals surface area contributed by atoms with E-state index in [9.17, 15) is 0 Å². The summed E-state index contributed by atoms with van der Waals surface area (Å²) in [6, 6.07) is 14.4. The second-order valence-corrected chi connectivity index (χ2v) is 5.36. The predicted molar refractivity (Wildman–Crippen MR) is 87.4 cm³/mol. The van der Waals surface area contributed by atoms with Crippen LogP contribution in [0.15, 0.2) is 42.5 Å². The van der Waals surface area contributed by atoms with Gasteiger partial charge in [-0.15, -0.1) is 10.2 Å². The van der Waals surface area contributed by atoms with Gasteiger partial charge in [0.2, 0.25) is 0 Å². The van der Waals surface area contributed by atoms with Gasteiger partial charge in [0.05, 0.1) is 0 Å². The van der Waals surface area contributed by atoms with Gasteiger partial charge in [-0.1, -0.05) is 37.3 Å². The molecule has 4 heteroatoms. The average molecular weight is 290 g/mol. The number of rotatable bonds is 3. The Morgan fingerprint density at radius 1 is 1.14 bits per heavy atom. The highest BCUT2D eigenvalue weighted by molar-refractivity contribution is 5.68. The summed E-state index contributed by atoms with van der Waals surface area (Å²) in [7, 11) is 0. The fourth-order valence-corrected chi connectivity index (χ4v) is 2.65. The second-order valence-electron chi connectivity index (χ2n) is 5.36. The molecular weight excluding hydrogens is 272 g/mol. The van der Waals surface area contributed by atoms with Crippen molar-refractivity contribution in [2.24, 2.45) is 0 Å². The molecule has 2 heterocycles. The van der Waals surface area contributed by atoms with E-state index in [0.29, 0.717) is 5.69 Å². The predicted octanol–water partition coefficient (Wildman–Crippen LogP) is 3.20. The van der Waals surface area contributed by atoms with Crippen LogP contribution in [0.1, 0.15) is 30.2 Å². The lowest BCUT2D eigenvalue weighted by molar-refractivity contribution is 0.798. The summed E-state index contributed by atoms with van der Waals surface area (Å²) >= 11 is 0. The van der Waals surface area contributed by atoms with Gasteiger partial charge in [-0.3, -0.25) is 0 Å². The molecule has 1 aliphatic heterocycles. The summed E-state index contributed by atoms with van der Waals surface area (Å²) < 4.78 is 0. The van der Waals surface area contributed by atoms with Crippen molar-refractivity contribution in [2.45, 2.75) is 19.8 Å². The van der Waals surface area contributed by atoms with Gasteiger partial charge >= 0.3 is 0 Å². The molecule has 0 fully saturated rings. The maximum atomic E-state index is 8.76. The minimum atomic E-state index is 0.355. The molecule has 4 nitrogen and oxygen atoms in total. The van der Waals surface area contributed by atoms with Crippen LogP contribution in [0.3, 0.4) is 0 Å². The Labute approximate surface area is 130 Å². The summed E-state index contributed by atoms with van der Waals surface area (Å²) in [6.07, 6.45) is 4.32. The monoisotopic (exact) mass is 290 g/mol. The molecule has 3 rings (SSSR count). The first kappa shape index (κ1) is 14.3. The number of benzene rings is 1. The summed E-state index contributed by atoms with van der Waals surface area (Å²) in [5.41, 5.74) is 4.42. The lowest BCUT2D eigenvalue weighted by atomic mass is 9.98. The molecule has 22 heavy (non-hydrogen) atoms. The third-order valence-corrected chi connectivity index (χ3v) is 4.03. The van der Waals surface area contributed by atoms with Crippen molar-refractivity contribution in [1.29, 1.82) is 5.26 Å². The molecule has 0 amide bonds. The number of anilines is 1. The van der Waals surface area contributed by atoms with Crippen LogP contribution in [-0.2, 0) is 6.42 Å². The zero-order valence-corrected chi connectivity index (χ0v) is 12.7. The molecule has 0 N–H and O–H groups in total. The first-order chi connectivity index (χ1) is 10.8. The largest absolute Gasteiger partial charge is 0.351 e. The van der Waals surface area contributed by atoms with Crippen LogP contribution in [0.5, 0.6) is 0 Å². The Kier molecular flexibility index (Phi) is 4.15. The zero-order chi connectivity index (χ0) is 15.4. The van der Waals surface area contributed by atoms with E-state index in [4.69, 9.17) is 5.26 Å². The van der Waals surface area contributed by atoms with Crippen LogP contribution in [0.25, 0.3) is 5.57 Å². The lowest BCUT2D eigenvalue weighted by Gasteiger charge is -2.27. The van der Waals surface area contributed by atoms with Crippen molar-refractivity contribution in [3.05, 3.63) is 59.3 Å². The van der Waals surface area contributed by atoms with Crippen molar-refractivity contribution in [1.82, 2.24) is 10.2 Å². The van der Waals surface area contributed by atoms with E-state index in [0.717, 1.165) is 31.7 Å². The van der Waals surface area contributed by atoms with E-state index in [2.05, 4.69) is 52.4 Å². The molecule has 110 valence electrons. The van der Waals surface area contributed by atoms with Crippen LogP contribution in [0.2, 0.25) is 0 Å². The normalized spacial score (nSPS) is 14.4. The third kappa shape index (κ3) is 2.99. The van der Waals surface area contributed by atoms with Crippen LogP contribution < -0.4 is 4.90 Å². The van der Waals surface area contributed by atoms with Crippen molar-refractivity contribution >= 4 is 11.4 Å². The fourth-order valence-electron chi connectivity index (χ4n) is 2.65. The Morgan fingerprint density at radius 3 is 2.50 bits per heavy atom. The van der Waals surface area contributed by atoms with Gasteiger partial charge in [0.25, 0.3) is 0 Å². The molecular formula is C18H18N4. The van der Waals surface area contributed by atoms with Crippen LogP contribution in [0.4, 0.5) is 5.82 Å². The highest BCUT2D eigenvalue weighted by Gasteiger charge is 2.14. The standard InChI is InChI=1S/C18H18N4/c1-2-14-3-5-15(6-4-14)16-9-11-22(12-10-16)18-8-7-17(13-19)20-21-18/h3-9H,2,10-12H2,1H3. The van der Waals surface area contributed by atoms with Gasteiger partial charge in [-0.05, 0) is 41.7 Å². The van der Waals surface area contributed by atoms with E-state index in [1.807, 2.05) is 12.1 Å². The van der Waals surface area contributed by atoms with E-state index < -0.39 is 0 Å². The third-order valence-electron chi connectivity index (χ3n) is 4.03. The van der Waals surface area contributed by atoms with Crippen molar-refractivity contribution < 1.29 is 0 Å². The van der Waals surface area contributed by atoms with E-state index >= 15 is 0 Å². The Balaban J connectivity index is 1.71. The van der Waals surface area contributed by atoms with Crippen molar-refractivity contribution in [3.8, 4) is 6.07 Å². The summed E-state index contributed by atoms with van der Waals surface area (Å²) in [5, 5.41) is 16.8. The molecule has 0 aliphatic carbocycles. The maximum Gasteiger partial charge on any atom is 0.163 e. The van der Waals surface area contributed by atoms with Gasteiger partial charge in [-0.25, -0.2) is 0 Å². The molecule has 0 saturated carbocycles. The molecule has 1 aliphatic rings. The van der Waals surface area contributed by atoms with Crippen LogP contribution >= 0.6 is 0 Å². The quantitative estimate of drug-likeness (QED) is 0.871. The molecule has 2 aromatic rings. The molecule has 0 bridgehead atoms. The summed E-state index contributed by atoms with van der Waals surface area (Å²) in [5.74, 6) is 0.829. The Hall–Kier alpha value is -2.67. The van der Waals surface area contributed by atoms with Gasteiger partial charge < -0.3 is 4.90 Å². The van der Waals surface area contributed by atoms with E-state index in [-0.39, 0.29) is 0 Å². The molecule has 0 atom stereocenters. The molecule has 0 unspecified atom stereocenters. The van der Waals surface area contributed by atoms with Gasteiger partial charge in [-0.2, -0.15) is 5.26 Å². The summed E-state index contributed by atoms with van der Waals surface area (Å²) in [6.45, 7) is 3.92.